The average Bonchev–Trinajstić information content (AvgIpc) is 2.46. The lowest BCUT2D eigenvalue weighted by molar-refractivity contribution is -0.136. The summed E-state index contributed by atoms with van der Waals surface area (Å²) in [5, 5.41) is 0. The number of Topliss-reactive ketones (excluding diaryl/α,β-unsaturated/α-hetero) is 1. The van der Waals surface area contributed by atoms with E-state index in [9.17, 15) is 19.2 Å². The summed E-state index contributed by atoms with van der Waals surface area (Å²) in [6.07, 6.45) is 1.23. The summed E-state index contributed by atoms with van der Waals surface area (Å²) in [7, 11) is 1.27. The van der Waals surface area contributed by atoms with Gasteiger partial charge in [-0.25, -0.2) is 9.59 Å². The zero-order valence-electron chi connectivity index (χ0n) is 14.6. The molecular formula is C16H23N3O5. The predicted octanol–water partition coefficient (Wildman–Crippen LogP) is 0.477. The first kappa shape index (κ1) is 19.4. The van der Waals surface area contributed by atoms with Gasteiger partial charge in [-0.15, -0.1) is 0 Å². The third-order valence-corrected chi connectivity index (χ3v) is 3.16. The standard InChI is InChI=1S/C16H23N3O5/c1-9(2)6-12(21)24-8-11(20)13-14(17)19(7-10(3)4)16(23)18(5)15(13)22/h6,10H,7-8,17H2,1-5H3. The Morgan fingerprint density at radius 3 is 2.33 bits per heavy atom. The molecule has 8 nitrogen and oxygen atoms in total. The lowest BCUT2D eigenvalue weighted by Crippen LogP contribution is -2.43. The van der Waals surface area contributed by atoms with Gasteiger partial charge in [0, 0.05) is 19.7 Å². The largest absolute Gasteiger partial charge is 0.454 e. The number of aromatic nitrogens is 2. The highest BCUT2D eigenvalue weighted by Crippen LogP contribution is 2.09. The fraction of sp³-hybridized carbons (Fsp3) is 0.500. The lowest BCUT2D eigenvalue weighted by Gasteiger charge is -2.16. The van der Waals surface area contributed by atoms with Crippen molar-refractivity contribution >= 4 is 17.6 Å². The van der Waals surface area contributed by atoms with Crippen LogP contribution in [0.1, 0.15) is 38.1 Å². The minimum Gasteiger partial charge on any atom is -0.454 e. The molecule has 132 valence electrons. The van der Waals surface area contributed by atoms with Crippen LogP contribution in [0.5, 0.6) is 0 Å². The van der Waals surface area contributed by atoms with E-state index >= 15 is 0 Å². The summed E-state index contributed by atoms with van der Waals surface area (Å²) in [4.78, 5) is 48.1. The second-order valence-electron chi connectivity index (χ2n) is 6.16. The van der Waals surface area contributed by atoms with Crippen molar-refractivity contribution in [1.82, 2.24) is 9.13 Å². The first-order valence-electron chi connectivity index (χ1n) is 7.50. The van der Waals surface area contributed by atoms with Crippen LogP contribution in [0.4, 0.5) is 5.82 Å². The van der Waals surface area contributed by atoms with Gasteiger partial charge in [-0.3, -0.25) is 18.7 Å². The summed E-state index contributed by atoms with van der Waals surface area (Å²) in [5.74, 6) is -1.56. The van der Waals surface area contributed by atoms with Crippen LogP contribution in [0.25, 0.3) is 0 Å². The molecule has 0 spiro atoms. The molecule has 1 heterocycles. The van der Waals surface area contributed by atoms with Gasteiger partial charge in [0.25, 0.3) is 5.56 Å². The van der Waals surface area contributed by atoms with Crippen LogP contribution in [0.15, 0.2) is 21.2 Å². The van der Waals surface area contributed by atoms with Crippen molar-refractivity contribution in [2.75, 3.05) is 12.3 Å². The van der Waals surface area contributed by atoms with E-state index in [4.69, 9.17) is 10.5 Å². The number of nitrogen functional groups attached to an aromatic ring is 1. The monoisotopic (exact) mass is 337 g/mol. The second-order valence-corrected chi connectivity index (χ2v) is 6.16. The number of carbonyl (C=O) groups excluding carboxylic acids is 2. The summed E-state index contributed by atoms with van der Waals surface area (Å²) < 4.78 is 6.82. The quantitative estimate of drug-likeness (QED) is 0.459. The molecule has 0 aliphatic rings. The van der Waals surface area contributed by atoms with Gasteiger partial charge in [-0.1, -0.05) is 19.4 Å². The number of hydrogen-bond donors (Lipinski definition) is 1. The topological polar surface area (TPSA) is 113 Å². The van der Waals surface area contributed by atoms with Gasteiger partial charge in [-0.05, 0) is 19.8 Å². The Balaban J connectivity index is 3.24. The smallest absolute Gasteiger partial charge is 0.332 e. The SMILES string of the molecule is CC(C)=CC(=O)OCC(=O)c1c(N)n(CC(C)C)c(=O)n(C)c1=O. The first-order valence-corrected chi connectivity index (χ1v) is 7.50. The van der Waals surface area contributed by atoms with Crippen LogP contribution in [-0.4, -0.2) is 27.5 Å². The summed E-state index contributed by atoms with van der Waals surface area (Å²) in [6.45, 7) is 6.80. The van der Waals surface area contributed by atoms with Gasteiger partial charge >= 0.3 is 11.7 Å². The molecule has 1 aromatic heterocycles. The highest BCUT2D eigenvalue weighted by atomic mass is 16.5. The number of esters is 1. The summed E-state index contributed by atoms with van der Waals surface area (Å²) >= 11 is 0. The van der Waals surface area contributed by atoms with Gasteiger partial charge < -0.3 is 10.5 Å². The summed E-state index contributed by atoms with van der Waals surface area (Å²) in [5.41, 5.74) is 4.84. The van der Waals surface area contributed by atoms with Gasteiger partial charge in [0.2, 0.25) is 5.78 Å². The number of rotatable bonds is 6. The number of anilines is 1. The zero-order chi connectivity index (χ0) is 18.6. The number of ketones is 1. The first-order chi connectivity index (χ1) is 11.1. The lowest BCUT2D eigenvalue weighted by atomic mass is 10.1. The highest BCUT2D eigenvalue weighted by Gasteiger charge is 2.22. The Bertz CT molecular complexity index is 795. The maximum Gasteiger partial charge on any atom is 0.332 e. The fourth-order valence-electron chi connectivity index (χ4n) is 2.07. The molecular weight excluding hydrogens is 314 g/mol. The van der Waals surface area contributed by atoms with Crippen molar-refractivity contribution in [3.63, 3.8) is 0 Å². The molecule has 0 saturated carbocycles. The van der Waals surface area contributed by atoms with Crippen LogP contribution >= 0.6 is 0 Å². The molecule has 0 aliphatic carbocycles. The molecule has 0 saturated heterocycles. The molecule has 24 heavy (non-hydrogen) atoms. The van der Waals surface area contributed by atoms with E-state index in [1.807, 2.05) is 13.8 Å². The normalized spacial score (nSPS) is 10.6. The van der Waals surface area contributed by atoms with Crippen molar-refractivity contribution in [3.05, 3.63) is 38.1 Å². The van der Waals surface area contributed by atoms with Gasteiger partial charge in [-0.2, -0.15) is 0 Å². The Morgan fingerprint density at radius 1 is 1.25 bits per heavy atom. The van der Waals surface area contributed by atoms with Crippen LogP contribution < -0.4 is 17.0 Å². The number of nitrogens with zero attached hydrogens (tertiary/aromatic N) is 2. The van der Waals surface area contributed by atoms with E-state index in [-0.39, 0.29) is 23.8 Å². The Labute approximate surface area is 139 Å². The Morgan fingerprint density at radius 2 is 1.83 bits per heavy atom. The zero-order valence-corrected chi connectivity index (χ0v) is 14.6. The minimum atomic E-state index is -0.805. The number of allylic oxidation sites excluding steroid dienone is 1. The maximum absolute atomic E-state index is 12.3. The van der Waals surface area contributed by atoms with Crippen LogP contribution in [-0.2, 0) is 23.1 Å². The van der Waals surface area contributed by atoms with Crippen LogP contribution in [0, 0.1) is 5.92 Å². The maximum atomic E-state index is 12.3. The van der Waals surface area contributed by atoms with Gasteiger partial charge in [0.15, 0.2) is 6.61 Å². The molecule has 0 radical (unpaired) electrons. The molecule has 1 rings (SSSR count). The van der Waals surface area contributed by atoms with E-state index in [1.165, 1.54) is 17.7 Å². The highest BCUT2D eigenvalue weighted by molar-refractivity contribution is 6.01. The molecule has 0 unspecified atom stereocenters. The molecule has 0 bridgehead atoms. The Hall–Kier alpha value is -2.64. The second kappa shape index (κ2) is 7.76. The van der Waals surface area contributed by atoms with Crippen molar-refractivity contribution in [3.8, 4) is 0 Å². The number of hydrogen-bond acceptors (Lipinski definition) is 6. The molecule has 2 N–H and O–H groups in total. The number of ether oxygens (including phenoxy) is 1. The number of nitrogens with two attached hydrogens (primary N) is 1. The van der Waals surface area contributed by atoms with Crippen LogP contribution in [0.2, 0.25) is 0 Å². The molecule has 0 atom stereocenters. The van der Waals surface area contributed by atoms with Crippen molar-refractivity contribution in [1.29, 1.82) is 0 Å². The average molecular weight is 337 g/mol. The van der Waals surface area contributed by atoms with E-state index in [0.717, 1.165) is 4.57 Å². The molecule has 0 aromatic carbocycles. The molecule has 0 aliphatic heterocycles. The van der Waals surface area contributed by atoms with Gasteiger partial charge in [0.05, 0.1) is 0 Å². The van der Waals surface area contributed by atoms with Crippen molar-refractivity contribution < 1.29 is 14.3 Å². The molecule has 0 fully saturated rings. The van der Waals surface area contributed by atoms with E-state index < -0.39 is 29.6 Å². The van der Waals surface area contributed by atoms with Crippen LogP contribution in [0.3, 0.4) is 0 Å². The van der Waals surface area contributed by atoms with E-state index in [1.54, 1.807) is 13.8 Å². The molecule has 8 heteroatoms. The van der Waals surface area contributed by atoms with Crippen molar-refractivity contribution in [2.45, 2.75) is 34.2 Å². The molecule has 0 amide bonds. The van der Waals surface area contributed by atoms with Crippen molar-refractivity contribution in [2.24, 2.45) is 13.0 Å². The van der Waals surface area contributed by atoms with E-state index in [0.29, 0.717) is 5.57 Å². The predicted molar refractivity (Wildman–Crippen MR) is 89.9 cm³/mol. The fourth-order valence-corrected chi connectivity index (χ4v) is 2.07. The van der Waals surface area contributed by atoms with Gasteiger partial charge in [0.1, 0.15) is 11.4 Å². The third-order valence-electron chi connectivity index (χ3n) is 3.16. The Kier molecular flexibility index (Phi) is 6.27. The molecule has 1 aromatic rings. The third kappa shape index (κ3) is 4.43. The summed E-state index contributed by atoms with van der Waals surface area (Å²) in [6, 6.07) is 0. The van der Waals surface area contributed by atoms with E-state index in [2.05, 4.69) is 0 Å². The number of carbonyl (C=O) groups is 2. The minimum absolute atomic E-state index is 0.0842.